The van der Waals surface area contributed by atoms with E-state index in [1.807, 2.05) is 0 Å². The Morgan fingerprint density at radius 3 is 2.23 bits per heavy atom. The van der Waals surface area contributed by atoms with Crippen LogP contribution in [0.1, 0.15) is 26.3 Å². The van der Waals surface area contributed by atoms with Gasteiger partial charge >= 0.3 is 0 Å². The van der Waals surface area contributed by atoms with Crippen molar-refractivity contribution >= 4 is 12.6 Å². The standard InChI is InChI=1S/C9H4FNO2/c10-9-7(5-13)2-1-6(4-12)8(9)3-11/h1-2,4-5H. The fourth-order valence-electron chi connectivity index (χ4n) is 0.910. The van der Waals surface area contributed by atoms with Crippen LogP contribution in [0.3, 0.4) is 0 Å². The third-order valence-corrected chi connectivity index (χ3v) is 1.57. The van der Waals surface area contributed by atoms with E-state index in [4.69, 9.17) is 5.26 Å². The minimum Gasteiger partial charge on any atom is -0.298 e. The molecule has 1 aromatic carbocycles. The molecule has 0 atom stereocenters. The third kappa shape index (κ3) is 1.44. The highest BCUT2D eigenvalue weighted by atomic mass is 19.1. The molecule has 0 radical (unpaired) electrons. The van der Waals surface area contributed by atoms with E-state index in [1.54, 1.807) is 0 Å². The van der Waals surface area contributed by atoms with Gasteiger partial charge in [-0.2, -0.15) is 5.26 Å². The van der Waals surface area contributed by atoms with Gasteiger partial charge in [-0.25, -0.2) is 4.39 Å². The molecule has 0 aliphatic heterocycles. The maximum absolute atomic E-state index is 13.1. The van der Waals surface area contributed by atoms with Crippen molar-refractivity contribution in [3.63, 3.8) is 0 Å². The van der Waals surface area contributed by atoms with Gasteiger partial charge in [0, 0.05) is 5.56 Å². The van der Waals surface area contributed by atoms with Crippen molar-refractivity contribution < 1.29 is 14.0 Å². The van der Waals surface area contributed by atoms with Crippen molar-refractivity contribution in [3.05, 3.63) is 34.6 Å². The molecule has 0 aromatic heterocycles. The van der Waals surface area contributed by atoms with E-state index in [-0.39, 0.29) is 16.7 Å². The zero-order valence-corrected chi connectivity index (χ0v) is 6.45. The number of hydrogen-bond donors (Lipinski definition) is 0. The van der Waals surface area contributed by atoms with E-state index >= 15 is 0 Å². The number of carbonyl (C=O) groups excluding carboxylic acids is 2. The summed E-state index contributed by atoms with van der Waals surface area (Å²) in [5, 5.41) is 8.49. The first kappa shape index (κ1) is 9.07. The van der Waals surface area contributed by atoms with Crippen molar-refractivity contribution in [2.45, 2.75) is 0 Å². The Kier molecular flexibility index (Phi) is 2.50. The molecule has 0 amide bonds. The van der Waals surface area contributed by atoms with Crippen molar-refractivity contribution in [1.82, 2.24) is 0 Å². The highest BCUT2D eigenvalue weighted by molar-refractivity contribution is 5.83. The van der Waals surface area contributed by atoms with Crippen LogP contribution in [0, 0.1) is 17.1 Å². The van der Waals surface area contributed by atoms with Gasteiger partial charge in [-0.05, 0) is 12.1 Å². The topological polar surface area (TPSA) is 57.9 Å². The van der Waals surface area contributed by atoms with Crippen LogP contribution in [0.4, 0.5) is 4.39 Å². The van der Waals surface area contributed by atoms with Crippen LogP contribution in [0.15, 0.2) is 12.1 Å². The second-order valence-corrected chi connectivity index (χ2v) is 2.28. The molecule has 0 spiro atoms. The molecular formula is C9H4FNO2. The summed E-state index contributed by atoms with van der Waals surface area (Å²) in [5.74, 6) is -0.942. The molecular weight excluding hydrogens is 173 g/mol. The monoisotopic (exact) mass is 177 g/mol. The van der Waals surface area contributed by atoms with Gasteiger partial charge in [-0.1, -0.05) is 0 Å². The number of hydrogen-bond acceptors (Lipinski definition) is 3. The van der Waals surface area contributed by atoms with Crippen LogP contribution in [-0.2, 0) is 0 Å². The van der Waals surface area contributed by atoms with Gasteiger partial charge < -0.3 is 0 Å². The van der Waals surface area contributed by atoms with Crippen LogP contribution >= 0.6 is 0 Å². The number of aldehydes is 2. The molecule has 1 aromatic rings. The quantitative estimate of drug-likeness (QED) is 0.640. The Morgan fingerprint density at radius 1 is 1.23 bits per heavy atom. The third-order valence-electron chi connectivity index (χ3n) is 1.57. The molecule has 4 heteroatoms. The number of carbonyl (C=O) groups is 2. The Hall–Kier alpha value is -2.02. The Balaban J connectivity index is 3.51. The van der Waals surface area contributed by atoms with Crippen molar-refractivity contribution in [2.75, 3.05) is 0 Å². The van der Waals surface area contributed by atoms with Gasteiger partial charge in [-0.15, -0.1) is 0 Å². The smallest absolute Gasteiger partial charge is 0.153 e. The van der Waals surface area contributed by atoms with E-state index in [9.17, 15) is 14.0 Å². The average Bonchev–Trinajstić information content (AvgIpc) is 2.17. The summed E-state index contributed by atoms with van der Waals surface area (Å²) in [6.45, 7) is 0. The lowest BCUT2D eigenvalue weighted by Crippen LogP contribution is -1.97. The first-order chi connectivity index (χ1) is 6.24. The zero-order chi connectivity index (χ0) is 9.84. The molecule has 0 saturated heterocycles. The molecule has 0 aliphatic rings. The fraction of sp³-hybridized carbons (Fsp3) is 0. The highest BCUT2D eigenvalue weighted by Crippen LogP contribution is 2.14. The average molecular weight is 177 g/mol. The molecule has 64 valence electrons. The van der Waals surface area contributed by atoms with Crippen LogP contribution in [0.25, 0.3) is 0 Å². The number of rotatable bonds is 2. The van der Waals surface area contributed by atoms with E-state index in [2.05, 4.69) is 0 Å². The van der Waals surface area contributed by atoms with Crippen LogP contribution in [0.5, 0.6) is 0 Å². The molecule has 1 rings (SSSR count). The second-order valence-electron chi connectivity index (χ2n) is 2.28. The molecule has 0 bridgehead atoms. The predicted octanol–water partition coefficient (Wildman–Crippen LogP) is 1.32. The molecule has 0 unspecified atom stereocenters. The molecule has 0 saturated carbocycles. The van der Waals surface area contributed by atoms with E-state index in [1.165, 1.54) is 12.1 Å². The summed E-state index contributed by atoms with van der Waals surface area (Å²) in [5.41, 5.74) is -0.660. The summed E-state index contributed by atoms with van der Waals surface area (Å²) >= 11 is 0. The van der Waals surface area contributed by atoms with Crippen LogP contribution in [0.2, 0.25) is 0 Å². The van der Waals surface area contributed by atoms with Crippen LogP contribution in [-0.4, -0.2) is 12.6 Å². The van der Waals surface area contributed by atoms with Crippen molar-refractivity contribution in [1.29, 1.82) is 5.26 Å². The lowest BCUT2D eigenvalue weighted by atomic mass is 10.1. The first-order valence-corrected chi connectivity index (χ1v) is 3.37. The van der Waals surface area contributed by atoms with Gasteiger partial charge in [0.25, 0.3) is 0 Å². The molecule has 0 aliphatic carbocycles. The summed E-state index contributed by atoms with van der Waals surface area (Å²) in [7, 11) is 0. The SMILES string of the molecule is N#Cc1c(C=O)ccc(C=O)c1F. The maximum atomic E-state index is 13.1. The number of benzene rings is 1. The lowest BCUT2D eigenvalue weighted by Gasteiger charge is -1.98. The summed E-state index contributed by atoms with van der Waals surface area (Å²) in [6.07, 6.45) is 0.668. The maximum Gasteiger partial charge on any atom is 0.153 e. The number of nitrogens with zero attached hydrogens (tertiary/aromatic N) is 1. The first-order valence-electron chi connectivity index (χ1n) is 3.37. The van der Waals surface area contributed by atoms with E-state index in [0.717, 1.165) is 6.07 Å². The largest absolute Gasteiger partial charge is 0.298 e. The summed E-state index contributed by atoms with van der Waals surface area (Å²) in [6, 6.07) is 3.92. The van der Waals surface area contributed by atoms with E-state index < -0.39 is 5.82 Å². The van der Waals surface area contributed by atoms with E-state index in [0.29, 0.717) is 12.6 Å². The fourth-order valence-corrected chi connectivity index (χ4v) is 0.910. The Morgan fingerprint density at radius 2 is 1.77 bits per heavy atom. The van der Waals surface area contributed by atoms with Crippen molar-refractivity contribution in [3.8, 4) is 6.07 Å². The van der Waals surface area contributed by atoms with Gasteiger partial charge in [0.05, 0.1) is 11.1 Å². The summed E-state index contributed by atoms with van der Waals surface area (Å²) in [4.78, 5) is 20.6. The zero-order valence-electron chi connectivity index (χ0n) is 6.45. The molecule has 0 fully saturated rings. The number of nitriles is 1. The lowest BCUT2D eigenvalue weighted by molar-refractivity contribution is 0.110. The van der Waals surface area contributed by atoms with Crippen LogP contribution < -0.4 is 0 Å². The molecule has 13 heavy (non-hydrogen) atoms. The molecule has 0 N–H and O–H groups in total. The Labute approximate surface area is 73.4 Å². The van der Waals surface area contributed by atoms with Crippen molar-refractivity contribution in [2.24, 2.45) is 0 Å². The number of halogens is 1. The minimum absolute atomic E-state index is 0.0504. The molecule has 0 heterocycles. The van der Waals surface area contributed by atoms with Gasteiger partial charge in [-0.3, -0.25) is 9.59 Å². The predicted molar refractivity (Wildman–Crippen MR) is 41.9 cm³/mol. The minimum atomic E-state index is -0.942. The van der Waals surface area contributed by atoms with Gasteiger partial charge in [0.15, 0.2) is 18.4 Å². The molecule has 3 nitrogen and oxygen atoms in total. The Bertz CT molecular complexity index is 407. The highest BCUT2D eigenvalue weighted by Gasteiger charge is 2.11. The second kappa shape index (κ2) is 3.59. The summed E-state index contributed by atoms with van der Waals surface area (Å²) < 4.78 is 13.1. The van der Waals surface area contributed by atoms with Gasteiger partial charge in [0.1, 0.15) is 6.07 Å². The van der Waals surface area contributed by atoms with Gasteiger partial charge in [0.2, 0.25) is 0 Å². The normalized spacial score (nSPS) is 8.92.